The van der Waals surface area contributed by atoms with Gasteiger partial charge in [0.1, 0.15) is 5.82 Å². The third-order valence-electron chi connectivity index (χ3n) is 4.54. The molecule has 0 atom stereocenters. The molecule has 4 aromatic rings. The smallest absolute Gasteiger partial charge is 0.296 e. The summed E-state index contributed by atoms with van der Waals surface area (Å²) in [6.07, 6.45) is 1.38. The van der Waals surface area contributed by atoms with Crippen molar-refractivity contribution in [3.63, 3.8) is 0 Å². The van der Waals surface area contributed by atoms with E-state index in [-0.39, 0.29) is 17.5 Å². The van der Waals surface area contributed by atoms with Crippen molar-refractivity contribution in [2.75, 3.05) is 5.32 Å². The normalized spacial score (nSPS) is 11.4. The zero-order valence-corrected chi connectivity index (χ0v) is 16.6. The molecule has 0 aliphatic carbocycles. The lowest BCUT2D eigenvalue weighted by atomic mass is 10.1. The summed E-state index contributed by atoms with van der Waals surface area (Å²) in [5.41, 5.74) is 3.56. The molecule has 0 bridgehead atoms. The van der Waals surface area contributed by atoms with Crippen molar-refractivity contribution >= 4 is 17.7 Å². The van der Waals surface area contributed by atoms with E-state index in [0.29, 0.717) is 18.1 Å². The second-order valence-corrected chi connectivity index (χ2v) is 6.72. The Bertz CT molecular complexity index is 1200. The molecule has 2 heterocycles. The van der Waals surface area contributed by atoms with Crippen LogP contribution in [-0.4, -0.2) is 27.2 Å². The number of aromatic amines is 1. The molecule has 9 heteroatoms. The first kappa shape index (κ1) is 20.0. The summed E-state index contributed by atoms with van der Waals surface area (Å²) in [5.74, 6) is -0.132. The van der Waals surface area contributed by atoms with Crippen molar-refractivity contribution in [1.29, 1.82) is 0 Å². The van der Waals surface area contributed by atoms with Crippen LogP contribution in [-0.2, 0) is 6.54 Å². The van der Waals surface area contributed by atoms with E-state index < -0.39 is 5.91 Å². The first-order valence-electron chi connectivity index (χ1n) is 9.48. The minimum absolute atomic E-state index is 0.0550. The van der Waals surface area contributed by atoms with E-state index >= 15 is 0 Å². The van der Waals surface area contributed by atoms with Crippen LogP contribution in [0.25, 0.3) is 11.3 Å². The number of hydrogen-bond acceptors (Lipinski definition) is 5. The standard InChI is InChI=1S/C22H19FN6O2/c1-14-4-2-3-5-16(14)13-24-22(27-21(30)19-10-11-25-31-19)26-20-12-18(28-29-20)15-6-8-17(23)9-7-15/h2-12H,13H2,1H3,(H3,24,26,27,28,29,30). The van der Waals surface area contributed by atoms with Gasteiger partial charge in [-0.2, -0.15) is 5.10 Å². The molecular formula is C22H19FN6O2. The highest BCUT2D eigenvalue weighted by Crippen LogP contribution is 2.20. The fourth-order valence-corrected chi connectivity index (χ4v) is 2.85. The molecule has 0 aliphatic rings. The van der Waals surface area contributed by atoms with E-state index in [0.717, 1.165) is 16.7 Å². The Morgan fingerprint density at radius 3 is 2.71 bits per heavy atom. The fourth-order valence-electron chi connectivity index (χ4n) is 2.85. The molecule has 156 valence electrons. The number of aromatic nitrogens is 3. The maximum absolute atomic E-state index is 13.2. The van der Waals surface area contributed by atoms with E-state index in [1.54, 1.807) is 18.2 Å². The highest BCUT2D eigenvalue weighted by atomic mass is 19.1. The second-order valence-electron chi connectivity index (χ2n) is 6.72. The molecule has 3 N–H and O–H groups in total. The van der Waals surface area contributed by atoms with Gasteiger partial charge in [-0.05, 0) is 47.9 Å². The largest absolute Gasteiger partial charge is 0.351 e. The van der Waals surface area contributed by atoms with Crippen LogP contribution in [0.5, 0.6) is 0 Å². The number of aryl methyl sites for hydroxylation is 1. The van der Waals surface area contributed by atoms with Crippen LogP contribution in [0.2, 0.25) is 0 Å². The van der Waals surface area contributed by atoms with Gasteiger partial charge in [-0.1, -0.05) is 29.4 Å². The Morgan fingerprint density at radius 2 is 1.97 bits per heavy atom. The Labute approximate surface area is 177 Å². The number of anilines is 1. The van der Waals surface area contributed by atoms with Gasteiger partial charge >= 0.3 is 0 Å². The van der Waals surface area contributed by atoms with E-state index in [2.05, 4.69) is 31.0 Å². The van der Waals surface area contributed by atoms with Crippen molar-refractivity contribution in [3.05, 3.63) is 89.6 Å². The number of carbonyl (C=O) groups is 1. The molecule has 8 nitrogen and oxygen atoms in total. The topological polar surface area (TPSA) is 108 Å². The van der Waals surface area contributed by atoms with Crippen molar-refractivity contribution in [2.45, 2.75) is 13.5 Å². The Kier molecular flexibility index (Phi) is 5.84. The summed E-state index contributed by atoms with van der Waals surface area (Å²) < 4.78 is 18.1. The average molecular weight is 418 g/mol. The molecule has 1 amide bonds. The number of aliphatic imine (C=N–C) groups is 1. The summed E-state index contributed by atoms with van der Waals surface area (Å²) in [6, 6.07) is 17.1. The molecule has 31 heavy (non-hydrogen) atoms. The van der Waals surface area contributed by atoms with Crippen LogP contribution in [0, 0.1) is 12.7 Å². The highest BCUT2D eigenvalue weighted by Gasteiger charge is 2.14. The van der Waals surface area contributed by atoms with Gasteiger partial charge in [0.05, 0.1) is 18.4 Å². The van der Waals surface area contributed by atoms with Gasteiger partial charge in [0.2, 0.25) is 11.7 Å². The number of rotatable bonds is 5. The molecule has 0 spiro atoms. The van der Waals surface area contributed by atoms with Crippen LogP contribution < -0.4 is 10.6 Å². The number of nitrogens with zero attached hydrogens (tertiary/aromatic N) is 3. The number of H-pyrrole nitrogens is 1. The Balaban J connectivity index is 1.55. The van der Waals surface area contributed by atoms with E-state index in [1.807, 2.05) is 31.2 Å². The molecule has 0 saturated heterocycles. The molecule has 0 fully saturated rings. The predicted octanol–water partition coefficient (Wildman–Crippen LogP) is 3.91. The zero-order valence-electron chi connectivity index (χ0n) is 16.6. The maximum atomic E-state index is 13.2. The monoisotopic (exact) mass is 418 g/mol. The van der Waals surface area contributed by atoms with Crippen molar-refractivity contribution < 1.29 is 13.7 Å². The third kappa shape index (κ3) is 5.02. The van der Waals surface area contributed by atoms with Gasteiger partial charge in [-0.25, -0.2) is 9.38 Å². The lowest BCUT2D eigenvalue weighted by Gasteiger charge is -2.09. The van der Waals surface area contributed by atoms with Crippen molar-refractivity contribution in [2.24, 2.45) is 4.99 Å². The van der Waals surface area contributed by atoms with E-state index in [1.165, 1.54) is 24.4 Å². The Morgan fingerprint density at radius 1 is 1.16 bits per heavy atom. The number of guanidine groups is 1. The van der Waals surface area contributed by atoms with Crippen molar-refractivity contribution in [1.82, 2.24) is 20.7 Å². The number of hydrogen-bond donors (Lipinski definition) is 3. The van der Waals surface area contributed by atoms with Gasteiger partial charge in [0.15, 0.2) is 5.82 Å². The van der Waals surface area contributed by atoms with E-state index in [4.69, 9.17) is 4.52 Å². The van der Waals surface area contributed by atoms with Crippen LogP contribution in [0.15, 0.2) is 76.4 Å². The quantitative estimate of drug-likeness (QED) is 0.336. The molecule has 0 radical (unpaired) electrons. The fraction of sp³-hybridized carbons (Fsp3) is 0.0909. The molecular weight excluding hydrogens is 399 g/mol. The average Bonchev–Trinajstić information content (AvgIpc) is 3.46. The number of nitrogens with one attached hydrogen (secondary N) is 3. The van der Waals surface area contributed by atoms with Crippen molar-refractivity contribution in [3.8, 4) is 11.3 Å². The minimum atomic E-state index is -0.497. The molecule has 0 aliphatic heterocycles. The minimum Gasteiger partial charge on any atom is -0.351 e. The molecule has 4 rings (SSSR count). The summed E-state index contributed by atoms with van der Waals surface area (Å²) in [6.45, 7) is 2.34. The van der Waals surface area contributed by atoms with Gasteiger partial charge in [0.25, 0.3) is 5.91 Å². The number of benzene rings is 2. The number of halogens is 1. The predicted molar refractivity (Wildman–Crippen MR) is 114 cm³/mol. The van der Waals surface area contributed by atoms with Gasteiger partial charge < -0.3 is 9.84 Å². The summed E-state index contributed by atoms with van der Waals surface area (Å²) in [4.78, 5) is 16.9. The first-order chi connectivity index (χ1) is 15.1. The van der Waals surface area contributed by atoms with Gasteiger partial charge in [-0.15, -0.1) is 0 Å². The lowest BCUT2D eigenvalue weighted by Crippen LogP contribution is -2.36. The van der Waals surface area contributed by atoms with Crippen LogP contribution in [0.3, 0.4) is 0 Å². The van der Waals surface area contributed by atoms with Gasteiger partial charge in [0, 0.05) is 12.1 Å². The first-order valence-corrected chi connectivity index (χ1v) is 9.48. The molecule has 0 unspecified atom stereocenters. The number of amides is 1. The SMILES string of the molecule is Cc1ccccc1CN=C(NC(=O)c1ccno1)Nc1cc(-c2ccc(F)cc2)[nH]n1. The van der Waals surface area contributed by atoms with Crippen LogP contribution >= 0.6 is 0 Å². The second kappa shape index (κ2) is 9.04. The summed E-state index contributed by atoms with van der Waals surface area (Å²) in [7, 11) is 0. The van der Waals surface area contributed by atoms with Crippen LogP contribution in [0.1, 0.15) is 21.7 Å². The molecule has 2 aromatic carbocycles. The molecule has 2 aromatic heterocycles. The lowest BCUT2D eigenvalue weighted by molar-refractivity contribution is 0.0940. The maximum Gasteiger partial charge on any atom is 0.296 e. The third-order valence-corrected chi connectivity index (χ3v) is 4.54. The van der Waals surface area contributed by atoms with Gasteiger partial charge in [-0.3, -0.25) is 15.2 Å². The Hall–Kier alpha value is -4.27. The highest BCUT2D eigenvalue weighted by molar-refractivity contribution is 6.08. The summed E-state index contributed by atoms with van der Waals surface area (Å²) >= 11 is 0. The molecule has 0 saturated carbocycles. The van der Waals surface area contributed by atoms with Crippen LogP contribution in [0.4, 0.5) is 10.2 Å². The zero-order chi connectivity index (χ0) is 21.6. The summed E-state index contributed by atoms with van der Waals surface area (Å²) in [5, 5.41) is 16.3. The number of carbonyl (C=O) groups excluding carboxylic acids is 1. The van der Waals surface area contributed by atoms with E-state index in [9.17, 15) is 9.18 Å².